The number of anilines is 1. The maximum absolute atomic E-state index is 13.0. The van der Waals surface area contributed by atoms with E-state index < -0.39 is 0 Å². The molecule has 3 aromatic carbocycles. The molecule has 1 heterocycles. The number of hydrogen-bond donors (Lipinski definition) is 2. The molecule has 0 saturated carbocycles. The van der Waals surface area contributed by atoms with Gasteiger partial charge in [-0.2, -0.15) is 0 Å². The van der Waals surface area contributed by atoms with Gasteiger partial charge in [-0.15, -0.1) is 0 Å². The van der Waals surface area contributed by atoms with Gasteiger partial charge in [0.05, 0.1) is 11.7 Å². The Morgan fingerprint density at radius 1 is 0.857 bits per heavy atom. The first-order chi connectivity index (χ1) is 13.6. The third kappa shape index (κ3) is 4.04. The Morgan fingerprint density at radius 2 is 1.46 bits per heavy atom. The molecule has 1 unspecified atom stereocenters. The van der Waals surface area contributed by atoms with Crippen LogP contribution in [-0.4, -0.2) is 11.0 Å². The van der Waals surface area contributed by atoms with Crippen LogP contribution in [0.2, 0.25) is 10.0 Å². The summed E-state index contributed by atoms with van der Waals surface area (Å²) in [7, 11) is 0. The summed E-state index contributed by atoms with van der Waals surface area (Å²) in [5, 5.41) is 5.72. The van der Waals surface area contributed by atoms with E-state index in [0.717, 1.165) is 16.8 Å². The quantitative estimate of drug-likeness (QED) is 0.546. The van der Waals surface area contributed by atoms with Gasteiger partial charge in [-0.25, -0.2) is 15.2 Å². The zero-order chi connectivity index (χ0) is 19.5. The Hall–Kier alpha value is -2.79. The maximum Gasteiger partial charge on any atom is 0.340 e. The van der Waals surface area contributed by atoms with Gasteiger partial charge in [0.1, 0.15) is 0 Å². The Morgan fingerprint density at radius 3 is 2.11 bits per heavy atom. The number of nitrogens with zero attached hydrogens (tertiary/aromatic N) is 1. The first kappa shape index (κ1) is 18.6. The summed E-state index contributed by atoms with van der Waals surface area (Å²) in [4.78, 5) is 13.0. The fourth-order valence-corrected chi connectivity index (χ4v) is 3.29. The van der Waals surface area contributed by atoms with Crippen molar-refractivity contribution in [1.82, 2.24) is 10.4 Å². The molecule has 4 nitrogen and oxygen atoms in total. The minimum absolute atomic E-state index is 0.150. The van der Waals surface area contributed by atoms with E-state index >= 15 is 0 Å². The maximum atomic E-state index is 13.0. The number of halogens is 2. The number of carbonyl (C=O) groups excluding carboxylic acids is 1. The standard InChI is InChI=1S/C22H17Cl2N3O/c23-17-8-6-15(7-9-17)20-14-21(16-4-2-1-3-5-16)27(26-20)22(28)25-19-12-10-18(24)11-13-19/h1-14,20,26H,(H,25,28). The van der Waals surface area contributed by atoms with Crippen LogP contribution in [0.5, 0.6) is 0 Å². The molecule has 0 aromatic heterocycles. The van der Waals surface area contributed by atoms with Crippen LogP contribution in [-0.2, 0) is 0 Å². The highest BCUT2D eigenvalue weighted by atomic mass is 35.5. The second-order valence-corrected chi connectivity index (χ2v) is 7.22. The number of rotatable bonds is 3. The number of urea groups is 1. The van der Waals surface area contributed by atoms with E-state index in [1.165, 1.54) is 5.01 Å². The van der Waals surface area contributed by atoms with Crippen LogP contribution in [0.3, 0.4) is 0 Å². The van der Waals surface area contributed by atoms with Crippen LogP contribution in [0.1, 0.15) is 17.2 Å². The smallest absolute Gasteiger partial charge is 0.306 e. The second-order valence-electron chi connectivity index (χ2n) is 6.35. The molecule has 1 aliphatic heterocycles. The molecular formula is C22H17Cl2N3O. The van der Waals surface area contributed by atoms with E-state index in [9.17, 15) is 4.79 Å². The molecule has 2 amide bonds. The highest BCUT2D eigenvalue weighted by Gasteiger charge is 2.29. The predicted octanol–water partition coefficient (Wildman–Crippen LogP) is 6.13. The van der Waals surface area contributed by atoms with E-state index in [-0.39, 0.29) is 12.1 Å². The molecule has 0 saturated heterocycles. The molecule has 28 heavy (non-hydrogen) atoms. The zero-order valence-electron chi connectivity index (χ0n) is 14.8. The van der Waals surface area contributed by atoms with Crippen molar-refractivity contribution in [2.75, 3.05) is 5.32 Å². The molecule has 3 aromatic rings. The lowest BCUT2D eigenvalue weighted by atomic mass is 10.1. The van der Waals surface area contributed by atoms with Crippen molar-refractivity contribution in [1.29, 1.82) is 0 Å². The second kappa shape index (κ2) is 8.07. The fourth-order valence-electron chi connectivity index (χ4n) is 3.03. The monoisotopic (exact) mass is 409 g/mol. The summed E-state index contributed by atoms with van der Waals surface area (Å²) in [6, 6.07) is 23.9. The van der Waals surface area contributed by atoms with Crippen LogP contribution < -0.4 is 10.7 Å². The van der Waals surface area contributed by atoms with Crippen molar-refractivity contribution in [2.24, 2.45) is 0 Å². The topological polar surface area (TPSA) is 44.4 Å². The average molecular weight is 410 g/mol. The van der Waals surface area contributed by atoms with Crippen molar-refractivity contribution in [3.8, 4) is 0 Å². The number of nitrogens with one attached hydrogen (secondary N) is 2. The van der Waals surface area contributed by atoms with Crippen LogP contribution in [0, 0.1) is 0 Å². The molecule has 140 valence electrons. The Balaban J connectivity index is 1.62. The largest absolute Gasteiger partial charge is 0.340 e. The summed E-state index contributed by atoms with van der Waals surface area (Å²) in [6.45, 7) is 0. The van der Waals surface area contributed by atoms with E-state index in [0.29, 0.717) is 15.7 Å². The van der Waals surface area contributed by atoms with Crippen LogP contribution >= 0.6 is 23.2 Å². The number of amides is 2. The lowest BCUT2D eigenvalue weighted by molar-refractivity contribution is 0.216. The molecule has 0 bridgehead atoms. The normalized spacial score (nSPS) is 16.0. The lowest BCUT2D eigenvalue weighted by Crippen LogP contribution is -2.41. The summed E-state index contributed by atoms with van der Waals surface area (Å²) < 4.78 is 0. The molecule has 0 spiro atoms. The van der Waals surface area contributed by atoms with Crippen LogP contribution in [0.25, 0.3) is 5.70 Å². The molecular weight excluding hydrogens is 393 g/mol. The van der Waals surface area contributed by atoms with Gasteiger partial charge in [0, 0.05) is 15.7 Å². The Kier molecular flexibility index (Phi) is 5.35. The number of hydrazine groups is 1. The van der Waals surface area contributed by atoms with Gasteiger partial charge in [0.15, 0.2) is 0 Å². The van der Waals surface area contributed by atoms with Gasteiger partial charge in [-0.1, -0.05) is 65.7 Å². The number of benzene rings is 3. The number of hydrogen-bond acceptors (Lipinski definition) is 2. The van der Waals surface area contributed by atoms with E-state index in [4.69, 9.17) is 23.2 Å². The molecule has 0 fully saturated rings. The summed E-state index contributed by atoms with van der Waals surface area (Å²) >= 11 is 11.9. The van der Waals surface area contributed by atoms with E-state index in [1.54, 1.807) is 24.3 Å². The van der Waals surface area contributed by atoms with Crippen molar-refractivity contribution in [3.63, 3.8) is 0 Å². The minimum Gasteiger partial charge on any atom is -0.306 e. The van der Waals surface area contributed by atoms with Crippen LogP contribution in [0.4, 0.5) is 10.5 Å². The molecule has 0 aliphatic carbocycles. The lowest BCUT2D eigenvalue weighted by Gasteiger charge is -2.23. The summed E-state index contributed by atoms with van der Waals surface area (Å²) in [5.41, 5.74) is 6.67. The molecule has 2 N–H and O–H groups in total. The average Bonchev–Trinajstić information content (AvgIpc) is 3.16. The predicted molar refractivity (Wildman–Crippen MR) is 114 cm³/mol. The highest BCUT2D eigenvalue weighted by molar-refractivity contribution is 6.30. The Labute approximate surface area is 173 Å². The van der Waals surface area contributed by atoms with Gasteiger partial charge in [0.2, 0.25) is 0 Å². The zero-order valence-corrected chi connectivity index (χ0v) is 16.3. The first-order valence-electron chi connectivity index (χ1n) is 8.76. The molecule has 4 rings (SSSR count). The third-order valence-corrected chi connectivity index (χ3v) is 4.93. The van der Waals surface area contributed by atoms with Crippen molar-refractivity contribution >= 4 is 40.6 Å². The molecule has 6 heteroatoms. The van der Waals surface area contributed by atoms with Gasteiger partial charge in [-0.3, -0.25) is 0 Å². The fraction of sp³-hybridized carbons (Fsp3) is 0.0455. The Bertz CT molecular complexity index is 1000. The minimum atomic E-state index is -0.283. The van der Waals surface area contributed by atoms with Crippen molar-refractivity contribution in [2.45, 2.75) is 6.04 Å². The van der Waals surface area contributed by atoms with Gasteiger partial charge in [0.25, 0.3) is 0 Å². The summed E-state index contributed by atoms with van der Waals surface area (Å²) in [5.74, 6) is 0. The summed E-state index contributed by atoms with van der Waals surface area (Å²) in [6.07, 6.45) is 2.03. The van der Waals surface area contributed by atoms with E-state index in [2.05, 4.69) is 10.7 Å². The van der Waals surface area contributed by atoms with E-state index in [1.807, 2.05) is 60.7 Å². The molecule has 1 aliphatic rings. The van der Waals surface area contributed by atoms with Gasteiger partial charge < -0.3 is 5.32 Å². The third-order valence-electron chi connectivity index (χ3n) is 4.43. The number of carbonyl (C=O) groups is 1. The van der Waals surface area contributed by atoms with Gasteiger partial charge in [-0.05, 0) is 53.6 Å². The van der Waals surface area contributed by atoms with Crippen molar-refractivity contribution in [3.05, 3.63) is 106 Å². The highest BCUT2D eigenvalue weighted by Crippen LogP contribution is 2.31. The van der Waals surface area contributed by atoms with Crippen molar-refractivity contribution < 1.29 is 4.79 Å². The van der Waals surface area contributed by atoms with Crippen LogP contribution in [0.15, 0.2) is 84.9 Å². The SMILES string of the molecule is O=C(Nc1ccc(Cl)cc1)N1NC(c2ccc(Cl)cc2)C=C1c1ccccc1. The first-order valence-corrected chi connectivity index (χ1v) is 9.51. The molecule has 1 atom stereocenters. The molecule has 0 radical (unpaired) electrons. The van der Waals surface area contributed by atoms with Gasteiger partial charge >= 0.3 is 6.03 Å².